The van der Waals surface area contributed by atoms with Gasteiger partial charge in [0.25, 0.3) is 5.56 Å². The first-order valence-corrected chi connectivity index (χ1v) is 6.86. The van der Waals surface area contributed by atoms with Gasteiger partial charge in [-0.2, -0.15) is 0 Å². The average molecular weight is 328 g/mol. The SMILES string of the molecule is O=c1[nH]c(C(O)CO)nc2c1ncn2[C@@H]1O[C@H](CO)[C@@H](O)[C@H]1O. The number of aromatic nitrogens is 4. The number of ether oxygens (including phenoxy) is 1. The molecule has 0 aliphatic carbocycles. The third-order valence-electron chi connectivity index (χ3n) is 3.73. The second-order valence-corrected chi connectivity index (χ2v) is 5.20. The lowest BCUT2D eigenvalue weighted by Crippen LogP contribution is -2.33. The van der Waals surface area contributed by atoms with Crippen molar-refractivity contribution in [1.82, 2.24) is 19.5 Å². The van der Waals surface area contributed by atoms with Crippen molar-refractivity contribution in [3.63, 3.8) is 0 Å². The average Bonchev–Trinajstić information content (AvgIpc) is 3.09. The summed E-state index contributed by atoms with van der Waals surface area (Å²) >= 11 is 0. The Bertz CT molecular complexity index is 759. The fraction of sp³-hybridized carbons (Fsp3) is 0.583. The molecule has 1 fully saturated rings. The number of hydrogen-bond donors (Lipinski definition) is 6. The molecule has 3 rings (SSSR count). The van der Waals surface area contributed by atoms with E-state index in [0.29, 0.717) is 0 Å². The molecule has 0 spiro atoms. The number of hydrogen-bond acceptors (Lipinski definition) is 9. The zero-order valence-corrected chi connectivity index (χ0v) is 11.8. The molecular weight excluding hydrogens is 312 g/mol. The van der Waals surface area contributed by atoms with E-state index >= 15 is 0 Å². The van der Waals surface area contributed by atoms with Gasteiger partial charge in [0.1, 0.15) is 30.2 Å². The first kappa shape index (κ1) is 16.0. The monoisotopic (exact) mass is 328 g/mol. The van der Waals surface area contributed by atoms with Gasteiger partial charge in [0.05, 0.1) is 19.5 Å². The minimum Gasteiger partial charge on any atom is -0.394 e. The number of aliphatic hydroxyl groups excluding tert-OH is 5. The van der Waals surface area contributed by atoms with Crippen LogP contribution in [-0.4, -0.2) is 76.6 Å². The fourth-order valence-corrected chi connectivity index (χ4v) is 2.48. The highest BCUT2D eigenvalue weighted by molar-refractivity contribution is 5.69. The highest BCUT2D eigenvalue weighted by atomic mass is 16.6. The van der Waals surface area contributed by atoms with Crippen LogP contribution in [0.15, 0.2) is 11.1 Å². The van der Waals surface area contributed by atoms with Gasteiger partial charge >= 0.3 is 0 Å². The van der Waals surface area contributed by atoms with Crippen LogP contribution < -0.4 is 5.56 Å². The molecule has 5 atom stereocenters. The molecule has 11 nitrogen and oxygen atoms in total. The van der Waals surface area contributed by atoms with Crippen molar-refractivity contribution in [2.45, 2.75) is 30.6 Å². The van der Waals surface area contributed by atoms with Crippen LogP contribution in [0.1, 0.15) is 18.2 Å². The lowest BCUT2D eigenvalue weighted by Gasteiger charge is -2.16. The van der Waals surface area contributed by atoms with Crippen LogP contribution in [0.4, 0.5) is 0 Å². The second kappa shape index (κ2) is 5.96. The Labute approximate surface area is 128 Å². The van der Waals surface area contributed by atoms with Crippen LogP contribution in [0.3, 0.4) is 0 Å². The highest BCUT2D eigenvalue weighted by Gasteiger charge is 2.44. The first-order valence-electron chi connectivity index (χ1n) is 6.86. The van der Waals surface area contributed by atoms with Crippen molar-refractivity contribution in [1.29, 1.82) is 0 Å². The summed E-state index contributed by atoms with van der Waals surface area (Å²) in [5.41, 5.74) is -0.689. The Hall–Kier alpha value is -1.89. The summed E-state index contributed by atoms with van der Waals surface area (Å²) in [4.78, 5) is 22.2. The van der Waals surface area contributed by atoms with Crippen LogP contribution in [0.25, 0.3) is 11.2 Å². The van der Waals surface area contributed by atoms with E-state index in [9.17, 15) is 20.1 Å². The summed E-state index contributed by atoms with van der Waals surface area (Å²) in [5.74, 6) is -0.168. The van der Waals surface area contributed by atoms with Gasteiger partial charge in [0.15, 0.2) is 17.4 Å². The van der Waals surface area contributed by atoms with Crippen LogP contribution in [0.5, 0.6) is 0 Å². The molecule has 0 amide bonds. The van der Waals surface area contributed by atoms with E-state index in [-0.39, 0.29) is 17.0 Å². The standard InChI is InChI=1S/C12H16N4O7/c17-1-4(19)9-14-10-6(11(22)15-9)13-3-16(10)12-8(21)7(20)5(2-18)23-12/h3-5,7-8,12,17-21H,1-2H2,(H,14,15,22)/t4?,5-,7-,8-,12-/m1/s1. The quantitative estimate of drug-likeness (QED) is 0.337. The highest BCUT2D eigenvalue weighted by Crippen LogP contribution is 2.30. The molecule has 126 valence electrons. The van der Waals surface area contributed by atoms with Gasteiger partial charge in [-0.3, -0.25) is 9.36 Å². The third-order valence-corrected chi connectivity index (χ3v) is 3.73. The van der Waals surface area contributed by atoms with Crippen LogP contribution >= 0.6 is 0 Å². The van der Waals surface area contributed by atoms with Crippen molar-refractivity contribution in [3.05, 3.63) is 22.5 Å². The second-order valence-electron chi connectivity index (χ2n) is 5.20. The topological polar surface area (TPSA) is 174 Å². The van der Waals surface area contributed by atoms with E-state index in [0.717, 1.165) is 0 Å². The molecule has 1 unspecified atom stereocenters. The Morgan fingerprint density at radius 1 is 1.35 bits per heavy atom. The summed E-state index contributed by atoms with van der Waals surface area (Å²) in [7, 11) is 0. The summed E-state index contributed by atoms with van der Waals surface area (Å²) in [6.07, 6.45) is -4.97. The van der Waals surface area contributed by atoms with Crippen molar-refractivity contribution < 1.29 is 30.3 Å². The molecule has 0 bridgehead atoms. The molecule has 0 aromatic carbocycles. The maximum atomic E-state index is 12.0. The van der Waals surface area contributed by atoms with Crippen molar-refractivity contribution in [3.8, 4) is 0 Å². The largest absolute Gasteiger partial charge is 0.394 e. The number of aliphatic hydroxyl groups is 5. The first-order chi connectivity index (χ1) is 11.0. The molecule has 3 heterocycles. The summed E-state index contributed by atoms with van der Waals surface area (Å²) < 4.78 is 6.59. The number of nitrogens with zero attached hydrogens (tertiary/aromatic N) is 3. The molecule has 2 aromatic heterocycles. The van der Waals surface area contributed by atoms with E-state index < -0.39 is 49.4 Å². The van der Waals surface area contributed by atoms with Crippen LogP contribution in [0, 0.1) is 0 Å². The van der Waals surface area contributed by atoms with E-state index in [2.05, 4.69) is 15.0 Å². The van der Waals surface area contributed by atoms with Gasteiger partial charge in [-0.1, -0.05) is 0 Å². The molecule has 11 heteroatoms. The number of H-pyrrole nitrogens is 1. The molecule has 2 aromatic rings. The van der Waals surface area contributed by atoms with E-state index in [1.165, 1.54) is 10.9 Å². The number of nitrogens with one attached hydrogen (secondary N) is 1. The normalized spacial score (nSPS) is 29.3. The van der Waals surface area contributed by atoms with Gasteiger partial charge in [0, 0.05) is 0 Å². The van der Waals surface area contributed by atoms with Crippen molar-refractivity contribution in [2.75, 3.05) is 13.2 Å². The minimum atomic E-state index is -1.39. The minimum absolute atomic E-state index is 0.00564. The van der Waals surface area contributed by atoms with Gasteiger partial charge in [-0.05, 0) is 0 Å². The van der Waals surface area contributed by atoms with Crippen LogP contribution in [-0.2, 0) is 4.74 Å². The Morgan fingerprint density at radius 3 is 2.70 bits per heavy atom. The van der Waals surface area contributed by atoms with Crippen molar-refractivity contribution in [2.24, 2.45) is 0 Å². The van der Waals surface area contributed by atoms with Gasteiger partial charge < -0.3 is 35.3 Å². The number of imidazole rings is 1. The smallest absolute Gasteiger partial charge is 0.279 e. The van der Waals surface area contributed by atoms with Crippen LogP contribution in [0.2, 0.25) is 0 Å². The zero-order valence-electron chi connectivity index (χ0n) is 11.8. The number of fused-ring (bicyclic) bond motifs is 1. The molecule has 23 heavy (non-hydrogen) atoms. The number of rotatable bonds is 4. The Morgan fingerprint density at radius 2 is 2.09 bits per heavy atom. The molecule has 1 aliphatic heterocycles. The number of aromatic amines is 1. The molecule has 1 aliphatic rings. The summed E-state index contributed by atoms with van der Waals surface area (Å²) in [6, 6.07) is 0. The molecule has 0 radical (unpaired) electrons. The third kappa shape index (κ3) is 2.52. The molecule has 1 saturated heterocycles. The zero-order chi connectivity index (χ0) is 16.7. The molecule has 6 N–H and O–H groups in total. The Kier molecular flexibility index (Phi) is 4.14. The maximum absolute atomic E-state index is 12.0. The molecular formula is C12H16N4O7. The van der Waals surface area contributed by atoms with Gasteiger partial charge in [0.2, 0.25) is 0 Å². The predicted octanol–water partition coefficient (Wildman–Crippen LogP) is -3.24. The predicted molar refractivity (Wildman–Crippen MR) is 73.2 cm³/mol. The lowest BCUT2D eigenvalue weighted by atomic mass is 10.1. The van der Waals surface area contributed by atoms with Crippen molar-refractivity contribution >= 4 is 11.2 Å². The lowest BCUT2D eigenvalue weighted by molar-refractivity contribution is -0.0511. The molecule has 0 saturated carbocycles. The summed E-state index contributed by atoms with van der Waals surface area (Å²) in [6.45, 7) is -1.14. The summed E-state index contributed by atoms with van der Waals surface area (Å²) in [5, 5.41) is 47.6. The Balaban J connectivity index is 2.08. The van der Waals surface area contributed by atoms with E-state index in [1.54, 1.807) is 0 Å². The van der Waals surface area contributed by atoms with E-state index in [1.807, 2.05) is 0 Å². The fourth-order valence-electron chi connectivity index (χ4n) is 2.48. The van der Waals surface area contributed by atoms with Gasteiger partial charge in [-0.25, -0.2) is 9.97 Å². The van der Waals surface area contributed by atoms with E-state index in [4.69, 9.17) is 14.9 Å². The maximum Gasteiger partial charge on any atom is 0.279 e. The van der Waals surface area contributed by atoms with Gasteiger partial charge in [-0.15, -0.1) is 0 Å².